The molecule has 142 valence electrons. The van der Waals surface area contributed by atoms with Gasteiger partial charge < -0.3 is 4.43 Å². The highest BCUT2D eigenvalue weighted by atomic mass is 28.2. The van der Waals surface area contributed by atoms with Crippen molar-refractivity contribution in [1.29, 1.82) is 0 Å². The monoisotopic (exact) mass is 386 g/mol. The quantitative estimate of drug-likeness (QED) is 0.293. The highest BCUT2D eigenvalue weighted by Crippen LogP contribution is 2.42. The van der Waals surface area contributed by atoms with Crippen LogP contribution in [0.3, 0.4) is 0 Å². The van der Waals surface area contributed by atoms with Crippen LogP contribution < -0.4 is 0 Å². The molecule has 0 amide bonds. The normalized spacial score (nSPS) is 12.0. The molecule has 0 atom stereocenters. The molecule has 3 aromatic carbocycles. The first kappa shape index (κ1) is 20.2. The summed E-state index contributed by atoms with van der Waals surface area (Å²) in [5, 5.41) is 0.0208. The third-order valence-electron chi connectivity index (χ3n) is 4.55. The molecule has 0 saturated carbocycles. The summed E-state index contributed by atoms with van der Waals surface area (Å²) < 4.78 is 6.80. The largest absolute Gasteiger partial charge is 0.400 e. The molecule has 0 aliphatic rings. The summed E-state index contributed by atoms with van der Waals surface area (Å²) in [5.41, 5.74) is 2.99. The van der Waals surface area contributed by atoms with Crippen LogP contribution in [0.25, 0.3) is 0 Å². The Morgan fingerprint density at radius 3 is 1.71 bits per heavy atom. The summed E-state index contributed by atoms with van der Waals surface area (Å²) in [6.07, 6.45) is 0. The average molecular weight is 387 g/mol. The predicted octanol–water partition coefficient (Wildman–Crippen LogP) is 6.04. The summed E-state index contributed by atoms with van der Waals surface area (Å²) in [6.45, 7) is 8.14. The minimum Gasteiger partial charge on any atom is -0.400 e. The molecule has 0 spiro atoms. The SMILES string of the molecule is CC(=O)c1cccc(C(O[Si]C(C)(C)C)(c2ccccc2)c2ccccc2)c1. The van der Waals surface area contributed by atoms with E-state index >= 15 is 0 Å². The lowest BCUT2D eigenvalue weighted by molar-refractivity contribution is 0.101. The Morgan fingerprint density at radius 1 is 0.750 bits per heavy atom. The molecule has 3 aromatic rings. The lowest BCUT2D eigenvalue weighted by atomic mass is 9.80. The van der Waals surface area contributed by atoms with Crippen molar-refractivity contribution in [1.82, 2.24) is 0 Å². The van der Waals surface area contributed by atoms with E-state index in [2.05, 4.69) is 51.1 Å². The summed E-state index contributed by atoms with van der Waals surface area (Å²) in [7, 11) is 0.276. The van der Waals surface area contributed by atoms with Gasteiger partial charge >= 0.3 is 0 Å². The Labute approximate surface area is 170 Å². The fourth-order valence-corrected chi connectivity index (χ4v) is 4.02. The first-order valence-corrected chi connectivity index (χ1v) is 10.4. The molecule has 0 aliphatic carbocycles. The number of carbonyl (C=O) groups excluding carboxylic acids is 1. The third kappa shape index (κ3) is 4.32. The molecule has 0 N–H and O–H groups in total. The van der Waals surface area contributed by atoms with Gasteiger partial charge in [0.25, 0.3) is 0 Å². The predicted molar refractivity (Wildman–Crippen MR) is 116 cm³/mol. The maximum Gasteiger partial charge on any atom is 0.237 e. The van der Waals surface area contributed by atoms with Crippen LogP contribution in [0.15, 0.2) is 84.9 Å². The molecule has 0 saturated heterocycles. The maximum atomic E-state index is 12.1. The third-order valence-corrected chi connectivity index (χ3v) is 5.57. The van der Waals surface area contributed by atoms with Crippen LogP contribution in [-0.2, 0) is 10.0 Å². The molecule has 0 aromatic heterocycles. The van der Waals surface area contributed by atoms with Crippen molar-refractivity contribution in [2.75, 3.05) is 0 Å². The molecule has 2 radical (unpaired) electrons. The van der Waals surface area contributed by atoms with E-state index in [-0.39, 0.29) is 20.6 Å². The second-order valence-corrected chi connectivity index (χ2v) is 9.91. The Hall–Kier alpha value is -2.49. The zero-order chi connectivity index (χ0) is 20.2. The Morgan fingerprint density at radius 2 is 1.25 bits per heavy atom. The van der Waals surface area contributed by atoms with Crippen LogP contribution in [-0.4, -0.2) is 15.5 Å². The van der Waals surface area contributed by atoms with Gasteiger partial charge in [-0.25, -0.2) is 0 Å². The summed E-state index contributed by atoms with van der Waals surface area (Å²) in [6, 6.07) is 28.4. The van der Waals surface area contributed by atoms with Gasteiger partial charge in [0.05, 0.1) is 0 Å². The molecular weight excluding hydrogens is 360 g/mol. The molecule has 2 nitrogen and oxygen atoms in total. The van der Waals surface area contributed by atoms with Gasteiger partial charge in [-0.15, -0.1) is 0 Å². The number of rotatable bonds is 6. The molecule has 0 bridgehead atoms. The minimum absolute atomic E-state index is 0.0208. The topological polar surface area (TPSA) is 26.3 Å². The number of ketones is 1. The zero-order valence-electron chi connectivity index (χ0n) is 16.9. The van der Waals surface area contributed by atoms with Crippen molar-refractivity contribution >= 4 is 15.5 Å². The molecule has 0 heterocycles. The molecule has 3 rings (SSSR count). The fraction of sp³-hybridized carbons (Fsp3) is 0.240. The van der Waals surface area contributed by atoms with Crippen LogP contribution in [0.4, 0.5) is 0 Å². The lowest BCUT2D eigenvalue weighted by Crippen LogP contribution is -2.36. The summed E-state index contributed by atoms with van der Waals surface area (Å²) >= 11 is 0. The molecule has 28 heavy (non-hydrogen) atoms. The van der Waals surface area contributed by atoms with Gasteiger partial charge in [0.2, 0.25) is 9.76 Å². The van der Waals surface area contributed by atoms with Gasteiger partial charge in [0.15, 0.2) is 5.78 Å². The summed E-state index contributed by atoms with van der Waals surface area (Å²) in [5.74, 6) is 0.0511. The van der Waals surface area contributed by atoms with Crippen LogP contribution in [0.2, 0.25) is 5.04 Å². The number of hydrogen-bond acceptors (Lipinski definition) is 2. The van der Waals surface area contributed by atoms with E-state index < -0.39 is 5.60 Å². The number of Topliss-reactive ketones (excluding diaryl/α,β-unsaturated/α-hetero) is 1. The Kier molecular flexibility index (Phi) is 5.97. The second-order valence-electron chi connectivity index (χ2n) is 8.00. The van der Waals surface area contributed by atoms with Crippen LogP contribution in [0, 0.1) is 0 Å². The van der Waals surface area contributed by atoms with Gasteiger partial charge in [-0.05, 0) is 34.7 Å². The van der Waals surface area contributed by atoms with Gasteiger partial charge in [0.1, 0.15) is 5.60 Å². The Balaban J connectivity index is 2.30. The van der Waals surface area contributed by atoms with E-state index in [4.69, 9.17) is 4.43 Å². The van der Waals surface area contributed by atoms with Crippen molar-refractivity contribution in [3.63, 3.8) is 0 Å². The van der Waals surface area contributed by atoms with E-state index in [0.717, 1.165) is 16.7 Å². The molecule has 0 unspecified atom stereocenters. The van der Waals surface area contributed by atoms with Gasteiger partial charge in [-0.3, -0.25) is 4.79 Å². The van der Waals surface area contributed by atoms with Crippen molar-refractivity contribution < 1.29 is 9.22 Å². The van der Waals surface area contributed by atoms with E-state index in [1.54, 1.807) is 6.92 Å². The first-order valence-electron chi connectivity index (χ1n) is 9.51. The average Bonchev–Trinajstić information content (AvgIpc) is 2.69. The molecule has 0 fully saturated rings. The molecule has 0 aliphatic heterocycles. The van der Waals surface area contributed by atoms with E-state index in [1.807, 2.05) is 54.6 Å². The number of benzene rings is 3. The first-order chi connectivity index (χ1) is 13.3. The van der Waals surface area contributed by atoms with Crippen LogP contribution >= 0.6 is 0 Å². The van der Waals surface area contributed by atoms with Crippen molar-refractivity contribution in [3.05, 3.63) is 107 Å². The van der Waals surface area contributed by atoms with Crippen molar-refractivity contribution in [3.8, 4) is 0 Å². The molecule has 3 heteroatoms. The maximum absolute atomic E-state index is 12.1. The van der Waals surface area contributed by atoms with Crippen molar-refractivity contribution in [2.45, 2.75) is 38.3 Å². The van der Waals surface area contributed by atoms with E-state index in [1.165, 1.54) is 0 Å². The standard InChI is InChI=1S/C25H26O2Si/c1-19(26)20-12-11-17-23(18-20)25(27-28-24(2,3)4,21-13-7-5-8-14-21)22-15-9-6-10-16-22/h5-18H,1-4H3. The Bertz CT molecular complexity index is 888. The van der Waals surface area contributed by atoms with Crippen LogP contribution in [0.1, 0.15) is 54.7 Å². The van der Waals surface area contributed by atoms with E-state index in [0.29, 0.717) is 5.56 Å². The highest BCUT2D eigenvalue weighted by molar-refractivity contribution is 6.32. The fourth-order valence-electron chi connectivity index (χ4n) is 3.21. The van der Waals surface area contributed by atoms with Crippen molar-refractivity contribution in [2.24, 2.45) is 0 Å². The van der Waals surface area contributed by atoms with Gasteiger partial charge in [-0.2, -0.15) is 0 Å². The van der Waals surface area contributed by atoms with Gasteiger partial charge in [0, 0.05) is 5.56 Å². The minimum atomic E-state index is -0.778. The lowest BCUT2D eigenvalue weighted by Gasteiger charge is -2.38. The smallest absolute Gasteiger partial charge is 0.237 e. The highest BCUT2D eigenvalue weighted by Gasteiger charge is 2.39. The zero-order valence-corrected chi connectivity index (χ0v) is 17.9. The second kappa shape index (κ2) is 8.25. The summed E-state index contributed by atoms with van der Waals surface area (Å²) in [4.78, 5) is 12.1. The number of carbonyl (C=O) groups is 1. The van der Waals surface area contributed by atoms with Crippen LogP contribution in [0.5, 0.6) is 0 Å². The van der Waals surface area contributed by atoms with E-state index in [9.17, 15) is 4.79 Å². The number of hydrogen-bond donors (Lipinski definition) is 0. The molecular formula is C25H26O2Si. The van der Waals surface area contributed by atoms with Gasteiger partial charge in [-0.1, -0.05) is 99.6 Å².